The number of hydrogen-bond donors (Lipinski definition) is 3. The van der Waals surface area contributed by atoms with E-state index in [1.165, 1.54) is 24.3 Å². The predicted molar refractivity (Wildman–Crippen MR) is 90.5 cm³/mol. The third-order valence-electron chi connectivity index (χ3n) is 3.06. The van der Waals surface area contributed by atoms with Crippen LogP contribution in [-0.2, 0) is 4.79 Å². The minimum atomic E-state index is -0.471. The molecule has 2 rings (SSSR count). The summed E-state index contributed by atoms with van der Waals surface area (Å²) in [6, 6.07) is 11.9. The molecule has 0 bridgehead atoms. The lowest BCUT2D eigenvalue weighted by atomic mass is 10.2. The molecule has 7 heteroatoms. The van der Waals surface area contributed by atoms with Gasteiger partial charge in [-0.1, -0.05) is 30.3 Å². The van der Waals surface area contributed by atoms with E-state index in [0.717, 1.165) is 5.56 Å². The fourth-order valence-corrected chi connectivity index (χ4v) is 1.90. The van der Waals surface area contributed by atoms with Gasteiger partial charge < -0.3 is 5.32 Å². The van der Waals surface area contributed by atoms with E-state index in [1.54, 1.807) is 24.3 Å². The van der Waals surface area contributed by atoms with Crippen molar-refractivity contribution in [1.29, 1.82) is 0 Å². The van der Waals surface area contributed by atoms with E-state index in [4.69, 9.17) is 11.6 Å². The molecule has 0 fully saturated rings. The molecule has 0 radical (unpaired) electrons. The summed E-state index contributed by atoms with van der Waals surface area (Å²) in [6.45, 7) is 3.55. The first kappa shape index (κ1) is 17.5. The van der Waals surface area contributed by atoms with Crippen LogP contribution in [0.4, 0.5) is 4.39 Å². The Hall–Kier alpha value is -2.86. The van der Waals surface area contributed by atoms with Gasteiger partial charge in [-0.3, -0.25) is 20.4 Å². The zero-order valence-electron chi connectivity index (χ0n) is 12.6. The van der Waals surface area contributed by atoms with Gasteiger partial charge in [0.05, 0.1) is 12.2 Å². The van der Waals surface area contributed by atoms with Crippen molar-refractivity contribution >= 4 is 29.1 Å². The molecule has 0 aromatic heterocycles. The van der Waals surface area contributed by atoms with Gasteiger partial charge in [0.15, 0.2) is 0 Å². The van der Waals surface area contributed by atoms with E-state index in [2.05, 4.69) is 22.7 Å². The summed E-state index contributed by atoms with van der Waals surface area (Å²) in [6.07, 6.45) is 0. The lowest BCUT2D eigenvalue weighted by Crippen LogP contribution is -2.42. The lowest BCUT2D eigenvalue weighted by Gasteiger charge is -2.12. The number of hydrogen-bond acceptors (Lipinski definition) is 3. The van der Waals surface area contributed by atoms with Crippen molar-refractivity contribution in [1.82, 2.24) is 16.2 Å². The fraction of sp³-hybridized carbons (Fsp3) is 0.0588. The van der Waals surface area contributed by atoms with Gasteiger partial charge in [-0.15, -0.1) is 0 Å². The molecular formula is C17H15ClFN3O2. The molecule has 0 aliphatic heterocycles. The van der Waals surface area contributed by atoms with Crippen molar-refractivity contribution in [2.45, 2.75) is 0 Å². The SMILES string of the molecule is C=C(NNC(=O)CNC(=O)c1ccc(F)cc1)c1ccc(Cl)cc1. The molecule has 0 unspecified atom stereocenters. The lowest BCUT2D eigenvalue weighted by molar-refractivity contribution is -0.120. The average Bonchev–Trinajstić information content (AvgIpc) is 2.58. The number of halogens is 2. The van der Waals surface area contributed by atoms with Gasteiger partial charge in [0, 0.05) is 10.6 Å². The second-order valence-electron chi connectivity index (χ2n) is 4.85. The van der Waals surface area contributed by atoms with Gasteiger partial charge >= 0.3 is 0 Å². The van der Waals surface area contributed by atoms with Crippen molar-refractivity contribution in [2.75, 3.05) is 6.54 Å². The minimum Gasteiger partial charge on any atom is -0.343 e. The first-order valence-electron chi connectivity index (χ1n) is 6.99. The van der Waals surface area contributed by atoms with E-state index in [-0.39, 0.29) is 12.1 Å². The second kappa shape index (κ2) is 8.12. The smallest absolute Gasteiger partial charge is 0.257 e. The molecular weight excluding hydrogens is 333 g/mol. The molecule has 0 heterocycles. The Morgan fingerprint density at radius 3 is 2.17 bits per heavy atom. The highest BCUT2D eigenvalue weighted by molar-refractivity contribution is 6.30. The fourth-order valence-electron chi connectivity index (χ4n) is 1.78. The molecule has 0 aliphatic carbocycles. The minimum absolute atomic E-state index is 0.239. The maximum Gasteiger partial charge on any atom is 0.257 e. The molecule has 2 aromatic carbocycles. The summed E-state index contributed by atoms with van der Waals surface area (Å²) in [5.41, 5.74) is 6.57. The van der Waals surface area contributed by atoms with E-state index in [9.17, 15) is 14.0 Å². The summed E-state index contributed by atoms with van der Waals surface area (Å²) in [7, 11) is 0. The van der Waals surface area contributed by atoms with Crippen LogP contribution in [-0.4, -0.2) is 18.4 Å². The number of hydrazine groups is 1. The normalized spacial score (nSPS) is 9.92. The van der Waals surface area contributed by atoms with Gasteiger partial charge in [-0.05, 0) is 42.0 Å². The summed E-state index contributed by atoms with van der Waals surface area (Å²) in [4.78, 5) is 23.5. The van der Waals surface area contributed by atoms with Crippen LogP contribution < -0.4 is 16.2 Å². The molecule has 3 N–H and O–H groups in total. The maximum atomic E-state index is 12.8. The van der Waals surface area contributed by atoms with E-state index < -0.39 is 17.6 Å². The summed E-state index contributed by atoms with van der Waals surface area (Å²) in [5, 5.41) is 3.02. The van der Waals surface area contributed by atoms with Crippen molar-refractivity contribution in [3.63, 3.8) is 0 Å². The molecule has 2 amide bonds. The summed E-state index contributed by atoms with van der Waals surface area (Å²) < 4.78 is 12.8. The van der Waals surface area contributed by atoms with Gasteiger partial charge in [0.2, 0.25) is 0 Å². The highest BCUT2D eigenvalue weighted by atomic mass is 35.5. The number of rotatable bonds is 6. The van der Waals surface area contributed by atoms with Crippen LogP contribution in [0.25, 0.3) is 5.70 Å². The Bertz CT molecular complexity index is 682. The Balaban J connectivity index is 1.77. The highest BCUT2D eigenvalue weighted by Crippen LogP contribution is 2.13. The van der Waals surface area contributed by atoms with Crippen LogP contribution in [0.3, 0.4) is 0 Å². The molecule has 0 saturated heterocycles. The number of nitrogens with one attached hydrogen (secondary N) is 3. The first-order valence-corrected chi connectivity index (χ1v) is 7.37. The Morgan fingerprint density at radius 2 is 1.54 bits per heavy atom. The van der Waals surface area contributed by atoms with Gasteiger partial charge in [0.1, 0.15) is 5.82 Å². The zero-order valence-corrected chi connectivity index (χ0v) is 13.4. The average molecular weight is 348 g/mol. The van der Waals surface area contributed by atoms with Gasteiger partial charge in [-0.25, -0.2) is 4.39 Å². The van der Waals surface area contributed by atoms with Crippen LogP contribution in [0.1, 0.15) is 15.9 Å². The van der Waals surface area contributed by atoms with E-state index >= 15 is 0 Å². The third-order valence-corrected chi connectivity index (χ3v) is 3.31. The highest BCUT2D eigenvalue weighted by Gasteiger charge is 2.08. The van der Waals surface area contributed by atoms with E-state index in [1.807, 2.05) is 0 Å². The molecule has 0 aliphatic rings. The van der Waals surface area contributed by atoms with E-state index in [0.29, 0.717) is 10.7 Å². The van der Waals surface area contributed by atoms with Crippen molar-refractivity contribution in [3.05, 3.63) is 77.1 Å². The number of carbonyl (C=O) groups excluding carboxylic acids is 2. The quantitative estimate of drug-likeness (QED) is 0.703. The van der Waals surface area contributed by atoms with Gasteiger partial charge in [0.25, 0.3) is 11.8 Å². The largest absolute Gasteiger partial charge is 0.343 e. The predicted octanol–water partition coefficient (Wildman–Crippen LogP) is 2.50. The summed E-state index contributed by atoms with van der Waals surface area (Å²) in [5.74, 6) is -1.36. The van der Waals surface area contributed by atoms with Crippen LogP contribution in [0, 0.1) is 5.82 Å². The summed E-state index contributed by atoms with van der Waals surface area (Å²) >= 11 is 5.79. The van der Waals surface area contributed by atoms with Crippen molar-refractivity contribution in [3.8, 4) is 0 Å². The first-order chi connectivity index (χ1) is 11.5. The maximum absolute atomic E-state index is 12.8. The molecule has 124 valence electrons. The molecule has 0 saturated carbocycles. The molecule has 2 aromatic rings. The molecule has 0 spiro atoms. The van der Waals surface area contributed by atoms with Crippen LogP contribution in [0.15, 0.2) is 55.1 Å². The van der Waals surface area contributed by atoms with Crippen LogP contribution >= 0.6 is 11.6 Å². The monoisotopic (exact) mass is 347 g/mol. The number of amides is 2. The number of carbonyl (C=O) groups is 2. The van der Waals surface area contributed by atoms with Gasteiger partial charge in [-0.2, -0.15) is 0 Å². The zero-order chi connectivity index (χ0) is 17.5. The standard InChI is InChI=1S/C17H15ClFN3O2/c1-11(12-2-6-14(18)7-3-12)21-22-16(23)10-20-17(24)13-4-8-15(19)9-5-13/h2-9,21H,1,10H2,(H,20,24)(H,22,23). The molecule has 24 heavy (non-hydrogen) atoms. The molecule has 5 nitrogen and oxygen atoms in total. The topological polar surface area (TPSA) is 70.2 Å². The van der Waals surface area contributed by atoms with Crippen LogP contribution in [0.5, 0.6) is 0 Å². The van der Waals surface area contributed by atoms with Crippen LogP contribution in [0.2, 0.25) is 5.02 Å². The number of benzene rings is 2. The third kappa shape index (κ3) is 5.10. The Labute approximate surface area is 143 Å². The van der Waals surface area contributed by atoms with Crippen molar-refractivity contribution < 1.29 is 14.0 Å². The Morgan fingerprint density at radius 1 is 0.958 bits per heavy atom. The second-order valence-corrected chi connectivity index (χ2v) is 5.28. The van der Waals surface area contributed by atoms with Crippen molar-refractivity contribution in [2.24, 2.45) is 0 Å². The molecule has 0 atom stereocenters. The Kier molecular flexibility index (Phi) is 5.92.